The van der Waals surface area contributed by atoms with E-state index in [1.54, 1.807) is 7.05 Å². The molecule has 0 unspecified atom stereocenters. The van der Waals surface area contributed by atoms with Crippen LogP contribution in [0.4, 0.5) is 5.69 Å². The zero-order valence-electron chi connectivity index (χ0n) is 13.6. The first-order chi connectivity index (χ1) is 10.5. The number of benzene rings is 1. The molecule has 2 N–H and O–H groups in total. The van der Waals surface area contributed by atoms with Crippen molar-refractivity contribution in [2.45, 2.75) is 39.2 Å². The largest absolute Gasteiger partial charge is 0.359 e. The van der Waals surface area contributed by atoms with Gasteiger partial charge in [0.05, 0.1) is 6.54 Å². The second kappa shape index (κ2) is 7.40. The monoisotopic (exact) mass is 303 g/mol. The summed E-state index contributed by atoms with van der Waals surface area (Å²) in [5, 5.41) is 5.60. The lowest BCUT2D eigenvalue weighted by atomic mass is 10.1. The molecule has 0 heterocycles. The first kappa shape index (κ1) is 16.5. The predicted octanol–water partition coefficient (Wildman–Crippen LogP) is 1.84. The first-order valence-corrected chi connectivity index (χ1v) is 7.81. The van der Waals surface area contributed by atoms with E-state index in [4.69, 9.17) is 0 Å². The molecule has 0 atom stereocenters. The minimum absolute atomic E-state index is 0.0144. The van der Waals surface area contributed by atoms with Crippen molar-refractivity contribution in [2.75, 3.05) is 25.5 Å². The molecule has 2 rings (SSSR count). The van der Waals surface area contributed by atoms with Gasteiger partial charge in [-0.3, -0.25) is 14.5 Å². The molecule has 0 spiro atoms. The van der Waals surface area contributed by atoms with Crippen LogP contribution in [0.1, 0.15) is 30.4 Å². The minimum atomic E-state index is -0.0162. The van der Waals surface area contributed by atoms with Crippen LogP contribution in [0.2, 0.25) is 0 Å². The summed E-state index contributed by atoms with van der Waals surface area (Å²) >= 11 is 0. The van der Waals surface area contributed by atoms with Gasteiger partial charge in [0.15, 0.2) is 0 Å². The summed E-state index contributed by atoms with van der Waals surface area (Å²) in [4.78, 5) is 25.8. The smallest absolute Gasteiger partial charge is 0.238 e. The van der Waals surface area contributed by atoms with Crippen LogP contribution in [0.5, 0.6) is 0 Å². The third kappa shape index (κ3) is 4.84. The molecule has 5 nitrogen and oxygen atoms in total. The van der Waals surface area contributed by atoms with Crippen LogP contribution in [-0.2, 0) is 9.59 Å². The fraction of sp³-hybridized carbons (Fsp3) is 0.529. The van der Waals surface area contributed by atoms with Crippen molar-refractivity contribution in [1.82, 2.24) is 10.2 Å². The normalized spacial score (nSPS) is 14.0. The van der Waals surface area contributed by atoms with Gasteiger partial charge in [-0.25, -0.2) is 0 Å². The van der Waals surface area contributed by atoms with Gasteiger partial charge in [-0.1, -0.05) is 12.1 Å². The van der Waals surface area contributed by atoms with Crippen LogP contribution in [0.3, 0.4) is 0 Å². The highest BCUT2D eigenvalue weighted by Gasteiger charge is 2.30. The number of carbonyl (C=O) groups excluding carboxylic acids is 2. The number of nitrogens with one attached hydrogen (secondary N) is 2. The molecule has 2 amide bonds. The number of carbonyl (C=O) groups is 2. The van der Waals surface area contributed by atoms with Crippen LogP contribution in [-0.4, -0.2) is 42.9 Å². The predicted molar refractivity (Wildman–Crippen MR) is 87.8 cm³/mol. The summed E-state index contributed by atoms with van der Waals surface area (Å²) in [5.74, 6) is -0.00177. The van der Waals surface area contributed by atoms with E-state index < -0.39 is 0 Å². The fourth-order valence-electron chi connectivity index (χ4n) is 2.45. The summed E-state index contributed by atoms with van der Waals surface area (Å²) in [6.45, 7) is 4.97. The topological polar surface area (TPSA) is 61.4 Å². The van der Waals surface area contributed by atoms with Gasteiger partial charge in [-0.15, -0.1) is 0 Å². The molecule has 1 saturated carbocycles. The van der Waals surface area contributed by atoms with Gasteiger partial charge in [0.2, 0.25) is 11.8 Å². The van der Waals surface area contributed by atoms with Gasteiger partial charge in [-0.05, 0) is 43.9 Å². The first-order valence-electron chi connectivity index (χ1n) is 7.81. The average Bonchev–Trinajstić information content (AvgIpc) is 3.31. The summed E-state index contributed by atoms with van der Waals surface area (Å²) in [6, 6.07) is 6.48. The Morgan fingerprint density at radius 3 is 2.59 bits per heavy atom. The van der Waals surface area contributed by atoms with E-state index in [-0.39, 0.29) is 11.8 Å². The number of hydrogen-bond acceptors (Lipinski definition) is 3. The van der Waals surface area contributed by atoms with E-state index >= 15 is 0 Å². The summed E-state index contributed by atoms with van der Waals surface area (Å²) < 4.78 is 0. The van der Waals surface area contributed by atoms with Crippen LogP contribution < -0.4 is 10.6 Å². The van der Waals surface area contributed by atoms with Crippen LogP contribution in [0.15, 0.2) is 18.2 Å². The number of aryl methyl sites for hydroxylation is 2. The third-order valence-corrected chi connectivity index (χ3v) is 3.98. The minimum Gasteiger partial charge on any atom is -0.359 e. The number of anilines is 1. The molecule has 5 heteroatoms. The molecular weight excluding hydrogens is 278 g/mol. The van der Waals surface area contributed by atoms with Crippen LogP contribution in [0.25, 0.3) is 0 Å². The summed E-state index contributed by atoms with van der Waals surface area (Å²) in [6.07, 6.45) is 2.67. The maximum Gasteiger partial charge on any atom is 0.238 e. The van der Waals surface area contributed by atoms with E-state index in [9.17, 15) is 9.59 Å². The highest BCUT2D eigenvalue weighted by Crippen LogP contribution is 2.27. The Balaban J connectivity index is 1.90. The SMILES string of the molecule is CNC(=O)CCN(CC(=O)Nc1cc(C)ccc1C)C1CC1. The molecule has 0 aliphatic heterocycles. The lowest BCUT2D eigenvalue weighted by Gasteiger charge is -2.21. The van der Waals surface area contributed by atoms with Crippen molar-refractivity contribution in [3.8, 4) is 0 Å². The van der Waals surface area contributed by atoms with E-state index in [1.807, 2.05) is 32.0 Å². The Morgan fingerprint density at radius 1 is 1.23 bits per heavy atom. The van der Waals surface area contributed by atoms with Gasteiger partial charge in [0.25, 0.3) is 0 Å². The van der Waals surface area contributed by atoms with E-state index in [2.05, 4.69) is 15.5 Å². The van der Waals surface area contributed by atoms with Crippen molar-refractivity contribution in [2.24, 2.45) is 0 Å². The second-order valence-electron chi connectivity index (χ2n) is 5.99. The molecule has 0 saturated heterocycles. The van der Waals surface area contributed by atoms with E-state index in [1.165, 1.54) is 0 Å². The lowest BCUT2D eigenvalue weighted by Crippen LogP contribution is -2.37. The van der Waals surface area contributed by atoms with Crippen molar-refractivity contribution in [3.05, 3.63) is 29.3 Å². The second-order valence-corrected chi connectivity index (χ2v) is 5.99. The quantitative estimate of drug-likeness (QED) is 0.808. The van der Waals surface area contributed by atoms with Crippen LogP contribution in [0, 0.1) is 13.8 Å². The van der Waals surface area contributed by atoms with Crippen LogP contribution >= 0.6 is 0 Å². The van der Waals surface area contributed by atoms with Crippen molar-refractivity contribution >= 4 is 17.5 Å². The zero-order valence-corrected chi connectivity index (χ0v) is 13.6. The standard InChI is InChI=1S/C17H25N3O2/c1-12-4-5-13(2)15(10-12)19-17(22)11-20(14-6-7-14)9-8-16(21)18-3/h4-5,10,14H,6-9,11H2,1-3H3,(H,18,21)(H,19,22). The molecule has 0 aromatic heterocycles. The summed E-state index contributed by atoms with van der Waals surface area (Å²) in [5.41, 5.74) is 3.05. The Morgan fingerprint density at radius 2 is 1.95 bits per heavy atom. The Hall–Kier alpha value is -1.88. The molecule has 1 aliphatic rings. The molecule has 1 fully saturated rings. The van der Waals surface area contributed by atoms with Gasteiger partial charge in [-0.2, -0.15) is 0 Å². The molecular formula is C17H25N3O2. The van der Waals surface area contributed by atoms with E-state index in [0.29, 0.717) is 25.6 Å². The molecule has 1 aliphatic carbocycles. The average molecular weight is 303 g/mol. The van der Waals surface area contributed by atoms with Crippen molar-refractivity contribution in [3.63, 3.8) is 0 Å². The Kier molecular flexibility index (Phi) is 5.55. The molecule has 1 aromatic rings. The molecule has 0 radical (unpaired) electrons. The summed E-state index contributed by atoms with van der Waals surface area (Å²) in [7, 11) is 1.64. The van der Waals surface area contributed by atoms with Gasteiger partial charge >= 0.3 is 0 Å². The van der Waals surface area contributed by atoms with E-state index in [0.717, 1.165) is 29.7 Å². The number of rotatable bonds is 7. The number of amides is 2. The maximum atomic E-state index is 12.3. The molecule has 120 valence electrons. The highest BCUT2D eigenvalue weighted by molar-refractivity contribution is 5.93. The molecule has 0 bridgehead atoms. The maximum absolute atomic E-state index is 12.3. The number of hydrogen-bond donors (Lipinski definition) is 2. The third-order valence-electron chi connectivity index (χ3n) is 3.98. The Bertz CT molecular complexity index is 553. The van der Waals surface area contributed by atoms with Gasteiger partial charge in [0.1, 0.15) is 0 Å². The zero-order chi connectivity index (χ0) is 16.1. The van der Waals surface area contributed by atoms with Gasteiger partial charge < -0.3 is 10.6 Å². The van der Waals surface area contributed by atoms with Crippen molar-refractivity contribution < 1.29 is 9.59 Å². The fourth-order valence-corrected chi connectivity index (χ4v) is 2.45. The Labute approximate surface area is 132 Å². The molecule has 1 aromatic carbocycles. The van der Waals surface area contributed by atoms with Crippen molar-refractivity contribution in [1.29, 1.82) is 0 Å². The number of nitrogens with zero attached hydrogens (tertiary/aromatic N) is 1. The highest BCUT2D eigenvalue weighted by atomic mass is 16.2. The molecule has 22 heavy (non-hydrogen) atoms. The van der Waals surface area contributed by atoms with Gasteiger partial charge in [0, 0.05) is 31.7 Å². The lowest BCUT2D eigenvalue weighted by molar-refractivity contribution is -0.122.